The summed E-state index contributed by atoms with van der Waals surface area (Å²) in [5.41, 5.74) is 5.64. The molecular formula is C13H25N3O2. The van der Waals surface area contributed by atoms with Crippen molar-refractivity contribution in [2.75, 3.05) is 7.11 Å². The molecule has 1 heterocycles. The molecule has 1 atom stereocenters. The third-order valence-electron chi connectivity index (χ3n) is 2.72. The van der Waals surface area contributed by atoms with E-state index in [1.807, 2.05) is 13.8 Å². The summed E-state index contributed by atoms with van der Waals surface area (Å²) in [5.74, 6) is 1.23. The Hall–Kier alpha value is -0.940. The Labute approximate surface area is 109 Å². The van der Waals surface area contributed by atoms with E-state index in [0.29, 0.717) is 18.1 Å². The van der Waals surface area contributed by atoms with Crippen molar-refractivity contribution in [3.63, 3.8) is 0 Å². The molecule has 0 aliphatic rings. The lowest BCUT2D eigenvalue weighted by Gasteiger charge is -2.26. The first-order valence-corrected chi connectivity index (χ1v) is 6.27. The Morgan fingerprint density at radius 2 is 1.89 bits per heavy atom. The van der Waals surface area contributed by atoms with Gasteiger partial charge in [-0.2, -0.15) is 4.98 Å². The van der Waals surface area contributed by atoms with Crippen LogP contribution in [-0.4, -0.2) is 22.8 Å². The predicted molar refractivity (Wildman–Crippen MR) is 70.1 cm³/mol. The minimum atomic E-state index is -0.223. The van der Waals surface area contributed by atoms with E-state index in [-0.39, 0.29) is 17.1 Å². The minimum absolute atomic E-state index is 0.0664. The molecule has 1 unspecified atom stereocenters. The molecule has 0 radical (unpaired) electrons. The van der Waals surface area contributed by atoms with Gasteiger partial charge in [0.15, 0.2) is 0 Å². The SMILES string of the molecule is COC(c1noc(CCC(C)(C)N)n1)C(C)(C)C. The van der Waals surface area contributed by atoms with Crippen LogP contribution in [0.1, 0.15) is 58.9 Å². The summed E-state index contributed by atoms with van der Waals surface area (Å²) < 4.78 is 10.7. The molecule has 104 valence electrons. The van der Waals surface area contributed by atoms with Crippen LogP contribution in [0.5, 0.6) is 0 Å². The van der Waals surface area contributed by atoms with Crippen LogP contribution in [-0.2, 0) is 11.2 Å². The summed E-state index contributed by atoms with van der Waals surface area (Å²) in [4.78, 5) is 4.39. The molecule has 5 nitrogen and oxygen atoms in total. The minimum Gasteiger partial charge on any atom is -0.373 e. The molecule has 0 aromatic carbocycles. The van der Waals surface area contributed by atoms with Crippen molar-refractivity contribution in [1.82, 2.24) is 10.1 Å². The van der Waals surface area contributed by atoms with Gasteiger partial charge in [-0.3, -0.25) is 0 Å². The Balaban J connectivity index is 2.73. The monoisotopic (exact) mass is 255 g/mol. The van der Waals surface area contributed by atoms with Crippen molar-refractivity contribution in [2.24, 2.45) is 11.1 Å². The van der Waals surface area contributed by atoms with Gasteiger partial charge in [-0.05, 0) is 25.7 Å². The lowest BCUT2D eigenvalue weighted by atomic mass is 9.88. The Kier molecular flexibility index (Phi) is 4.50. The van der Waals surface area contributed by atoms with Crippen molar-refractivity contribution in [3.05, 3.63) is 11.7 Å². The lowest BCUT2D eigenvalue weighted by Crippen LogP contribution is -2.32. The van der Waals surface area contributed by atoms with Crippen LogP contribution in [0.15, 0.2) is 4.52 Å². The number of hydrogen-bond donors (Lipinski definition) is 1. The zero-order valence-electron chi connectivity index (χ0n) is 12.3. The third-order valence-corrected chi connectivity index (χ3v) is 2.72. The predicted octanol–water partition coefficient (Wildman–Crippen LogP) is 2.47. The lowest BCUT2D eigenvalue weighted by molar-refractivity contribution is 0.00718. The first kappa shape index (κ1) is 15.1. The second-order valence-corrected chi connectivity index (χ2v) is 6.52. The Morgan fingerprint density at radius 3 is 2.33 bits per heavy atom. The van der Waals surface area contributed by atoms with Crippen molar-refractivity contribution in [1.29, 1.82) is 0 Å². The quantitative estimate of drug-likeness (QED) is 0.874. The standard InChI is InChI=1S/C13H25N3O2/c1-12(2,3)10(17-6)11-15-9(18-16-11)7-8-13(4,5)14/h10H,7-8,14H2,1-6H3. The highest BCUT2D eigenvalue weighted by atomic mass is 16.5. The maximum atomic E-state index is 5.93. The van der Waals surface area contributed by atoms with Crippen molar-refractivity contribution >= 4 is 0 Å². The molecule has 1 aromatic rings. The first-order chi connectivity index (χ1) is 8.13. The van der Waals surface area contributed by atoms with Crippen LogP contribution >= 0.6 is 0 Å². The van der Waals surface area contributed by atoms with Gasteiger partial charge in [0, 0.05) is 19.1 Å². The maximum Gasteiger partial charge on any atom is 0.226 e. The zero-order chi connectivity index (χ0) is 14.0. The van der Waals surface area contributed by atoms with Gasteiger partial charge in [-0.25, -0.2) is 0 Å². The number of aromatic nitrogens is 2. The number of hydrogen-bond acceptors (Lipinski definition) is 5. The van der Waals surface area contributed by atoms with E-state index in [9.17, 15) is 0 Å². The van der Waals surface area contributed by atoms with Gasteiger partial charge in [0.1, 0.15) is 6.10 Å². The van der Waals surface area contributed by atoms with Crippen LogP contribution in [0.25, 0.3) is 0 Å². The number of nitrogens with two attached hydrogens (primary N) is 1. The van der Waals surface area contributed by atoms with Gasteiger partial charge >= 0.3 is 0 Å². The molecule has 0 aliphatic carbocycles. The third kappa shape index (κ3) is 4.38. The Morgan fingerprint density at radius 1 is 1.28 bits per heavy atom. The van der Waals surface area contributed by atoms with Crippen molar-refractivity contribution in [2.45, 2.75) is 59.1 Å². The summed E-state index contributed by atoms with van der Waals surface area (Å²) >= 11 is 0. The number of aryl methyl sites for hydroxylation is 1. The van der Waals surface area contributed by atoms with Crippen LogP contribution in [0.4, 0.5) is 0 Å². The van der Waals surface area contributed by atoms with Gasteiger partial charge in [-0.15, -0.1) is 0 Å². The van der Waals surface area contributed by atoms with Crippen LogP contribution in [0, 0.1) is 5.41 Å². The van der Waals surface area contributed by atoms with Crippen molar-refractivity contribution < 1.29 is 9.26 Å². The molecule has 1 aromatic heterocycles. The molecule has 2 N–H and O–H groups in total. The summed E-state index contributed by atoms with van der Waals surface area (Å²) in [6, 6.07) is 0. The van der Waals surface area contributed by atoms with E-state index >= 15 is 0 Å². The average molecular weight is 255 g/mol. The molecule has 0 fully saturated rings. The smallest absolute Gasteiger partial charge is 0.226 e. The van der Waals surface area contributed by atoms with E-state index in [0.717, 1.165) is 6.42 Å². The first-order valence-electron chi connectivity index (χ1n) is 6.27. The fraction of sp³-hybridized carbons (Fsp3) is 0.846. The van der Waals surface area contributed by atoms with Gasteiger partial charge in [0.2, 0.25) is 11.7 Å². The number of nitrogens with zero attached hydrogens (tertiary/aromatic N) is 2. The van der Waals surface area contributed by atoms with Crippen molar-refractivity contribution in [3.8, 4) is 0 Å². The molecular weight excluding hydrogens is 230 g/mol. The highest BCUT2D eigenvalue weighted by molar-refractivity contribution is 4.97. The maximum absolute atomic E-state index is 5.93. The fourth-order valence-electron chi connectivity index (χ4n) is 1.75. The van der Waals surface area contributed by atoms with E-state index < -0.39 is 0 Å². The van der Waals surface area contributed by atoms with Crippen LogP contribution < -0.4 is 5.73 Å². The normalized spacial score (nSPS) is 14.8. The van der Waals surface area contributed by atoms with Crippen LogP contribution in [0.2, 0.25) is 0 Å². The summed E-state index contributed by atoms with van der Waals surface area (Å²) in [7, 11) is 1.66. The van der Waals surface area contributed by atoms with Gasteiger partial charge < -0.3 is 15.0 Å². The molecule has 0 aliphatic heterocycles. The summed E-state index contributed by atoms with van der Waals surface area (Å²) in [5, 5.41) is 4.00. The summed E-state index contributed by atoms with van der Waals surface area (Å²) in [6.45, 7) is 10.2. The molecule has 0 spiro atoms. The second-order valence-electron chi connectivity index (χ2n) is 6.52. The second kappa shape index (κ2) is 5.36. The molecule has 5 heteroatoms. The van der Waals surface area contributed by atoms with Gasteiger partial charge in [0.05, 0.1) is 0 Å². The van der Waals surface area contributed by atoms with E-state index in [1.165, 1.54) is 0 Å². The molecule has 0 amide bonds. The number of ether oxygens (including phenoxy) is 1. The zero-order valence-corrected chi connectivity index (χ0v) is 12.3. The highest BCUT2D eigenvalue weighted by Crippen LogP contribution is 2.33. The molecule has 1 rings (SSSR count). The summed E-state index contributed by atoms with van der Waals surface area (Å²) in [6.07, 6.45) is 1.33. The number of methoxy groups -OCH3 is 1. The van der Waals surface area contributed by atoms with Gasteiger partial charge in [-0.1, -0.05) is 25.9 Å². The average Bonchev–Trinajstić information content (AvgIpc) is 2.61. The molecule has 0 saturated heterocycles. The fourth-order valence-corrected chi connectivity index (χ4v) is 1.75. The van der Waals surface area contributed by atoms with E-state index in [2.05, 4.69) is 30.9 Å². The topological polar surface area (TPSA) is 74.2 Å². The van der Waals surface area contributed by atoms with Crippen LogP contribution in [0.3, 0.4) is 0 Å². The van der Waals surface area contributed by atoms with Gasteiger partial charge in [0.25, 0.3) is 0 Å². The molecule has 18 heavy (non-hydrogen) atoms. The molecule has 0 bridgehead atoms. The van der Waals surface area contributed by atoms with E-state index in [1.54, 1.807) is 7.11 Å². The number of rotatable bonds is 5. The van der Waals surface area contributed by atoms with E-state index in [4.69, 9.17) is 15.0 Å². The highest BCUT2D eigenvalue weighted by Gasteiger charge is 2.30. The Bertz CT molecular complexity index is 374. The largest absolute Gasteiger partial charge is 0.373 e. The molecule has 0 saturated carbocycles.